The lowest BCUT2D eigenvalue weighted by Gasteiger charge is -2.38. The molecule has 1 atom stereocenters. The van der Waals surface area contributed by atoms with E-state index >= 15 is 0 Å². The zero-order chi connectivity index (χ0) is 20.9. The molecule has 1 N–H and O–H groups in total. The molecule has 3 heteroatoms. The molecule has 0 aliphatic rings. The van der Waals surface area contributed by atoms with Gasteiger partial charge in [-0.1, -0.05) is 72.8 Å². The fraction of sp³-hybridized carbons (Fsp3) is 0.269. The lowest BCUT2D eigenvalue weighted by molar-refractivity contribution is -0.160. The maximum Gasteiger partial charge on any atom is 0.320 e. The van der Waals surface area contributed by atoms with Gasteiger partial charge in [-0.05, 0) is 62.4 Å². The third-order valence-corrected chi connectivity index (χ3v) is 5.73. The number of benzene rings is 3. The van der Waals surface area contributed by atoms with Crippen LogP contribution in [0.4, 0.5) is 0 Å². The van der Waals surface area contributed by atoms with E-state index in [1.807, 2.05) is 36.4 Å². The number of esters is 1. The molecule has 0 saturated carbocycles. The maximum atomic E-state index is 13.0. The fourth-order valence-electron chi connectivity index (χ4n) is 3.25. The van der Waals surface area contributed by atoms with Crippen LogP contribution in [0.1, 0.15) is 32.8 Å². The number of carbonyl (C=O) groups excluding carboxylic acids is 1. The Morgan fingerprint density at radius 1 is 0.793 bits per heavy atom. The Bertz CT molecular complexity index is 925. The summed E-state index contributed by atoms with van der Waals surface area (Å²) in [7, 11) is 0. The zero-order valence-corrected chi connectivity index (χ0v) is 17.3. The van der Waals surface area contributed by atoms with E-state index in [9.17, 15) is 9.90 Å². The SMILES string of the molecule is CC(C)(O)C(C)(CCc1ccc(-c2ccccc2)cc1)C(=O)Oc1ccccc1. The van der Waals surface area contributed by atoms with Crippen LogP contribution in [0, 0.1) is 5.41 Å². The van der Waals surface area contributed by atoms with Crippen LogP contribution in [0.15, 0.2) is 84.9 Å². The summed E-state index contributed by atoms with van der Waals surface area (Å²) in [6.45, 7) is 5.10. The van der Waals surface area contributed by atoms with Crippen molar-refractivity contribution in [3.8, 4) is 16.9 Å². The lowest BCUT2D eigenvalue weighted by Crippen LogP contribution is -2.49. The molecular weight excluding hydrogens is 360 g/mol. The van der Waals surface area contributed by atoms with E-state index < -0.39 is 17.0 Å². The highest BCUT2D eigenvalue weighted by Gasteiger charge is 2.47. The smallest absolute Gasteiger partial charge is 0.320 e. The average Bonchev–Trinajstić information content (AvgIpc) is 2.73. The van der Waals surface area contributed by atoms with Crippen LogP contribution in [0.3, 0.4) is 0 Å². The molecule has 0 aromatic heterocycles. The quantitative estimate of drug-likeness (QED) is 0.419. The van der Waals surface area contributed by atoms with Gasteiger partial charge in [0.2, 0.25) is 0 Å². The zero-order valence-electron chi connectivity index (χ0n) is 17.3. The van der Waals surface area contributed by atoms with Crippen molar-refractivity contribution in [1.82, 2.24) is 0 Å². The molecule has 0 amide bonds. The molecule has 3 rings (SSSR count). The molecule has 0 radical (unpaired) electrons. The average molecular weight is 389 g/mol. The lowest BCUT2D eigenvalue weighted by atomic mass is 9.71. The van der Waals surface area contributed by atoms with Crippen LogP contribution < -0.4 is 4.74 Å². The van der Waals surface area contributed by atoms with Gasteiger partial charge in [-0.3, -0.25) is 4.79 Å². The largest absolute Gasteiger partial charge is 0.426 e. The second kappa shape index (κ2) is 8.62. The molecule has 0 aliphatic carbocycles. The minimum absolute atomic E-state index is 0.419. The first kappa shape index (κ1) is 20.8. The normalized spacial score (nSPS) is 13.5. The van der Waals surface area contributed by atoms with Gasteiger partial charge in [0, 0.05) is 0 Å². The fourth-order valence-corrected chi connectivity index (χ4v) is 3.25. The van der Waals surface area contributed by atoms with Crippen LogP contribution in [-0.2, 0) is 11.2 Å². The molecule has 29 heavy (non-hydrogen) atoms. The Balaban J connectivity index is 1.73. The molecule has 0 spiro atoms. The summed E-state index contributed by atoms with van der Waals surface area (Å²) in [5.41, 5.74) is 1.19. The number of carbonyl (C=O) groups is 1. The highest BCUT2D eigenvalue weighted by molar-refractivity contribution is 5.80. The molecule has 150 valence electrons. The van der Waals surface area contributed by atoms with E-state index in [0.29, 0.717) is 18.6 Å². The predicted molar refractivity (Wildman–Crippen MR) is 117 cm³/mol. The number of hydrogen-bond donors (Lipinski definition) is 1. The summed E-state index contributed by atoms with van der Waals surface area (Å²) in [5, 5.41) is 10.8. The first-order valence-corrected chi connectivity index (χ1v) is 9.94. The number of ether oxygens (including phenoxy) is 1. The number of aliphatic hydroxyl groups is 1. The first-order valence-electron chi connectivity index (χ1n) is 9.94. The van der Waals surface area contributed by atoms with Crippen molar-refractivity contribution in [1.29, 1.82) is 0 Å². The number of aryl methyl sites for hydroxylation is 1. The summed E-state index contributed by atoms with van der Waals surface area (Å²) in [6, 6.07) is 27.5. The Morgan fingerprint density at radius 3 is 1.86 bits per heavy atom. The van der Waals surface area contributed by atoms with Gasteiger partial charge in [0.1, 0.15) is 5.75 Å². The molecular formula is C26H28O3. The monoisotopic (exact) mass is 388 g/mol. The molecule has 0 aliphatic heterocycles. The molecule has 0 heterocycles. The Hall–Kier alpha value is -2.91. The van der Waals surface area contributed by atoms with Crippen molar-refractivity contribution >= 4 is 5.97 Å². The second-order valence-corrected chi connectivity index (χ2v) is 8.16. The van der Waals surface area contributed by atoms with Crippen LogP contribution in [0.2, 0.25) is 0 Å². The Kier molecular flexibility index (Phi) is 6.19. The van der Waals surface area contributed by atoms with Gasteiger partial charge in [0.15, 0.2) is 0 Å². The summed E-state index contributed by atoms with van der Waals surface area (Å²) in [6.07, 6.45) is 1.15. The molecule has 3 aromatic rings. The molecule has 0 saturated heterocycles. The summed E-state index contributed by atoms with van der Waals surface area (Å²) < 4.78 is 5.57. The maximum absolute atomic E-state index is 13.0. The first-order chi connectivity index (χ1) is 13.8. The van der Waals surface area contributed by atoms with Crippen molar-refractivity contribution in [2.75, 3.05) is 0 Å². The minimum Gasteiger partial charge on any atom is -0.426 e. The van der Waals surface area contributed by atoms with E-state index in [1.54, 1.807) is 32.9 Å². The van der Waals surface area contributed by atoms with Crippen molar-refractivity contribution in [2.45, 2.75) is 39.2 Å². The molecule has 3 aromatic carbocycles. The highest BCUT2D eigenvalue weighted by Crippen LogP contribution is 2.37. The Morgan fingerprint density at radius 2 is 1.31 bits per heavy atom. The van der Waals surface area contributed by atoms with Gasteiger partial charge in [-0.25, -0.2) is 0 Å². The third kappa shape index (κ3) is 4.93. The van der Waals surface area contributed by atoms with Gasteiger partial charge >= 0.3 is 5.97 Å². The van der Waals surface area contributed by atoms with Crippen molar-refractivity contribution in [2.24, 2.45) is 5.41 Å². The molecule has 0 bridgehead atoms. The van der Waals surface area contributed by atoms with Crippen LogP contribution >= 0.6 is 0 Å². The van der Waals surface area contributed by atoms with Crippen LogP contribution in [0.5, 0.6) is 5.75 Å². The van der Waals surface area contributed by atoms with Gasteiger partial charge in [-0.15, -0.1) is 0 Å². The summed E-state index contributed by atoms with van der Waals surface area (Å²) in [5.74, 6) is 0.0669. The van der Waals surface area contributed by atoms with Crippen LogP contribution in [-0.4, -0.2) is 16.7 Å². The number of para-hydroxylation sites is 1. The van der Waals surface area contributed by atoms with Gasteiger partial charge in [0.25, 0.3) is 0 Å². The van der Waals surface area contributed by atoms with Gasteiger partial charge in [0.05, 0.1) is 11.0 Å². The molecule has 1 unspecified atom stereocenters. The highest BCUT2D eigenvalue weighted by atomic mass is 16.5. The topological polar surface area (TPSA) is 46.5 Å². The van der Waals surface area contributed by atoms with E-state index in [2.05, 4.69) is 36.4 Å². The van der Waals surface area contributed by atoms with Crippen molar-refractivity contribution < 1.29 is 14.6 Å². The second-order valence-electron chi connectivity index (χ2n) is 8.16. The van der Waals surface area contributed by atoms with E-state index in [4.69, 9.17) is 4.74 Å². The van der Waals surface area contributed by atoms with Crippen LogP contribution in [0.25, 0.3) is 11.1 Å². The molecule has 3 nitrogen and oxygen atoms in total. The molecule has 0 fully saturated rings. The standard InChI is InChI=1S/C26H28O3/c1-25(2,28)26(3,24(27)29-23-12-8-5-9-13-23)19-18-20-14-16-22(17-15-20)21-10-6-4-7-11-21/h4-17,28H,18-19H2,1-3H3. The van der Waals surface area contributed by atoms with E-state index in [-0.39, 0.29) is 0 Å². The summed E-state index contributed by atoms with van der Waals surface area (Å²) in [4.78, 5) is 13.0. The third-order valence-electron chi connectivity index (χ3n) is 5.73. The summed E-state index contributed by atoms with van der Waals surface area (Å²) >= 11 is 0. The minimum atomic E-state index is -1.22. The van der Waals surface area contributed by atoms with Crippen molar-refractivity contribution in [3.05, 3.63) is 90.5 Å². The van der Waals surface area contributed by atoms with E-state index in [1.165, 1.54) is 5.56 Å². The number of hydrogen-bond acceptors (Lipinski definition) is 3. The van der Waals surface area contributed by atoms with E-state index in [0.717, 1.165) is 11.1 Å². The predicted octanol–water partition coefficient (Wildman–Crippen LogP) is 5.67. The Labute approximate surface area is 173 Å². The number of rotatable bonds is 7. The van der Waals surface area contributed by atoms with Gasteiger partial charge in [-0.2, -0.15) is 0 Å². The van der Waals surface area contributed by atoms with Gasteiger partial charge < -0.3 is 9.84 Å². The van der Waals surface area contributed by atoms with Crippen molar-refractivity contribution in [3.63, 3.8) is 0 Å².